The zero-order valence-corrected chi connectivity index (χ0v) is 16.2. The van der Waals surface area contributed by atoms with E-state index >= 15 is 0 Å². The highest BCUT2D eigenvalue weighted by Crippen LogP contribution is 2.28. The average Bonchev–Trinajstić information content (AvgIpc) is 2.98. The Kier molecular flexibility index (Phi) is 5.43. The molecule has 4 rings (SSSR count). The molecule has 2 atom stereocenters. The fourth-order valence-electron chi connectivity index (χ4n) is 4.23. The number of nitrogens with zero attached hydrogens (tertiary/aromatic N) is 2. The molecule has 2 unspecified atom stereocenters. The van der Waals surface area contributed by atoms with Gasteiger partial charge >= 0.3 is 0 Å². The van der Waals surface area contributed by atoms with Gasteiger partial charge in [0.25, 0.3) is 5.91 Å². The van der Waals surface area contributed by atoms with Gasteiger partial charge < -0.3 is 20.4 Å². The molecule has 2 saturated heterocycles. The predicted molar refractivity (Wildman–Crippen MR) is 103 cm³/mol. The van der Waals surface area contributed by atoms with Crippen LogP contribution in [0.4, 0.5) is 0 Å². The van der Waals surface area contributed by atoms with Crippen molar-refractivity contribution in [1.82, 2.24) is 25.8 Å². The Morgan fingerprint density at radius 3 is 2.89 bits per heavy atom. The summed E-state index contributed by atoms with van der Waals surface area (Å²) in [6.07, 6.45) is 0.664. The van der Waals surface area contributed by atoms with Gasteiger partial charge in [0.15, 0.2) is 0 Å². The number of benzene rings is 1. The van der Waals surface area contributed by atoms with Gasteiger partial charge in [0.1, 0.15) is 6.04 Å². The van der Waals surface area contributed by atoms with Crippen molar-refractivity contribution in [3.63, 3.8) is 0 Å². The quantitative estimate of drug-likeness (QED) is 0.589. The lowest BCUT2D eigenvalue weighted by Crippen LogP contribution is -2.53. The summed E-state index contributed by atoms with van der Waals surface area (Å²) in [4.78, 5) is 40.3. The molecule has 3 N–H and O–H groups in total. The van der Waals surface area contributed by atoms with Gasteiger partial charge in [0.05, 0.1) is 0 Å². The molecule has 0 radical (unpaired) electrons. The van der Waals surface area contributed by atoms with Crippen LogP contribution in [0.3, 0.4) is 0 Å². The number of likely N-dealkylation sites (N-methyl/N-ethyl adjacent to an activating group) is 1. The molecular formula is C20H27N5O3. The molecule has 3 aliphatic rings. The maximum Gasteiger partial charge on any atom is 0.255 e. The van der Waals surface area contributed by atoms with E-state index in [-0.39, 0.29) is 24.1 Å². The molecule has 0 spiro atoms. The summed E-state index contributed by atoms with van der Waals surface area (Å²) in [5.74, 6) is -0.761. The zero-order valence-electron chi connectivity index (χ0n) is 16.2. The summed E-state index contributed by atoms with van der Waals surface area (Å²) >= 11 is 0. The minimum Gasteiger partial charge on any atom is -0.322 e. The summed E-state index contributed by atoms with van der Waals surface area (Å²) in [5, 5.41) is 9.31. The number of piperazine rings is 1. The number of piperidine rings is 1. The van der Waals surface area contributed by atoms with Gasteiger partial charge in [0, 0.05) is 57.3 Å². The molecule has 0 aromatic heterocycles. The number of fused-ring (bicyclic) bond motifs is 1. The van der Waals surface area contributed by atoms with Crippen LogP contribution in [-0.4, -0.2) is 72.8 Å². The van der Waals surface area contributed by atoms with Gasteiger partial charge in [-0.15, -0.1) is 0 Å². The Morgan fingerprint density at radius 1 is 1.25 bits per heavy atom. The van der Waals surface area contributed by atoms with E-state index in [9.17, 15) is 14.4 Å². The second-order valence-electron chi connectivity index (χ2n) is 7.94. The second kappa shape index (κ2) is 7.98. The van der Waals surface area contributed by atoms with Crippen LogP contribution in [0.5, 0.6) is 0 Å². The lowest BCUT2D eigenvalue weighted by Gasteiger charge is -2.31. The molecule has 1 aromatic rings. The normalized spacial score (nSPS) is 25.8. The van der Waals surface area contributed by atoms with Crippen LogP contribution in [0, 0.1) is 0 Å². The summed E-state index contributed by atoms with van der Waals surface area (Å²) in [6, 6.07) is 5.80. The van der Waals surface area contributed by atoms with E-state index in [1.807, 2.05) is 18.2 Å². The monoisotopic (exact) mass is 385 g/mol. The largest absolute Gasteiger partial charge is 0.322 e. The Bertz CT molecular complexity index is 796. The van der Waals surface area contributed by atoms with Crippen molar-refractivity contribution in [3.8, 4) is 0 Å². The van der Waals surface area contributed by atoms with Gasteiger partial charge in [-0.3, -0.25) is 19.7 Å². The number of hydrogen-bond donors (Lipinski definition) is 3. The van der Waals surface area contributed by atoms with Crippen LogP contribution in [0.25, 0.3) is 0 Å². The smallest absolute Gasteiger partial charge is 0.255 e. The van der Waals surface area contributed by atoms with Crippen molar-refractivity contribution in [2.45, 2.75) is 38.0 Å². The molecule has 8 nitrogen and oxygen atoms in total. The van der Waals surface area contributed by atoms with Crippen molar-refractivity contribution >= 4 is 17.7 Å². The Balaban J connectivity index is 1.36. The van der Waals surface area contributed by atoms with Crippen molar-refractivity contribution in [1.29, 1.82) is 0 Å². The summed E-state index contributed by atoms with van der Waals surface area (Å²) in [5.41, 5.74) is 2.66. The van der Waals surface area contributed by atoms with Gasteiger partial charge in [-0.05, 0) is 30.7 Å². The van der Waals surface area contributed by atoms with Crippen molar-refractivity contribution in [2.75, 3.05) is 33.2 Å². The molecule has 0 bridgehead atoms. The zero-order chi connectivity index (χ0) is 19.7. The van der Waals surface area contributed by atoms with Gasteiger partial charge in [-0.1, -0.05) is 12.1 Å². The fraction of sp³-hybridized carbons (Fsp3) is 0.550. The number of carbonyl (C=O) groups excluding carboxylic acids is 3. The number of imide groups is 1. The summed E-state index contributed by atoms with van der Waals surface area (Å²) < 4.78 is 0. The van der Waals surface area contributed by atoms with E-state index in [1.165, 1.54) is 0 Å². The number of hydrogen-bond acceptors (Lipinski definition) is 6. The highest BCUT2D eigenvalue weighted by molar-refractivity contribution is 6.05. The molecule has 28 heavy (non-hydrogen) atoms. The number of nitrogens with one attached hydrogen (secondary N) is 3. The van der Waals surface area contributed by atoms with Gasteiger partial charge in [0.2, 0.25) is 11.8 Å². The van der Waals surface area contributed by atoms with E-state index < -0.39 is 6.04 Å². The van der Waals surface area contributed by atoms with E-state index in [4.69, 9.17) is 0 Å². The third kappa shape index (κ3) is 3.94. The Morgan fingerprint density at radius 2 is 2.11 bits per heavy atom. The van der Waals surface area contributed by atoms with Crippen molar-refractivity contribution in [3.05, 3.63) is 34.9 Å². The van der Waals surface area contributed by atoms with Crippen LogP contribution in [-0.2, 0) is 22.7 Å². The van der Waals surface area contributed by atoms with Gasteiger partial charge in [-0.2, -0.15) is 0 Å². The highest BCUT2D eigenvalue weighted by Gasteiger charge is 2.39. The Labute approximate surface area is 164 Å². The molecule has 3 heterocycles. The van der Waals surface area contributed by atoms with Crippen molar-refractivity contribution in [2.24, 2.45) is 0 Å². The standard InChI is InChI=1S/C20H27N5O3/c1-24-7-6-22-15(12-24)10-21-9-13-2-3-14-11-25(20(28)16(14)8-13)17-4-5-18(26)23-19(17)27/h2-3,8,15,17,21-22H,4-7,9-12H2,1H3,(H,23,26,27). The predicted octanol–water partition coefficient (Wildman–Crippen LogP) is -0.559. The van der Waals surface area contributed by atoms with E-state index in [0.29, 0.717) is 31.1 Å². The SMILES string of the molecule is CN1CCNC(CNCc2ccc3c(c2)C(=O)N(C2CCC(=O)NC2=O)C3)C1. The molecule has 8 heteroatoms. The van der Waals surface area contributed by atoms with Gasteiger partial charge in [-0.25, -0.2) is 0 Å². The second-order valence-corrected chi connectivity index (χ2v) is 7.94. The first kappa shape index (κ1) is 19.0. The average molecular weight is 385 g/mol. The molecular weight excluding hydrogens is 358 g/mol. The molecule has 3 aliphatic heterocycles. The molecule has 150 valence electrons. The van der Waals surface area contributed by atoms with Crippen LogP contribution in [0.15, 0.2) is 18.2 Å². The molecule has 0 aliphatic carbocycles. The number of rotatable bonds is 5. The maximum atomic E-state index is 12.9. The summed E-state index contributed by atoms with van der Waals surface area (Å²) in [6.45, 7) is 5.10. The van der Waals surface area contributed by atoms with Crippen LogP contribution in [0.2, 0.25) is 0 Å². The highest BCUT2D eigenvalue weighted by atomic mass is 16.2. The Hall–Kier alpha value is -2.29. The minimum atomic E-state index is -0.562. The van der Waals surface area contributed by atoms with E-state index in [0.717, 1.165) is 37.3 Å². The topological polar surface area (TPSA) is 93.8 Å². The van der Waals surface area contributed by atoms with Crippen LogP contribution < -0.4 is 16.0 Å². The van der Waals surface area contributed by atoms with Crippen LogP contribution >= 0.6 is 0 Å². The molecule has 2 fully saturated rings. The lowest BCUT2D eigenvalue weighted by molar-refractivity contribution is -0.136. The van der Waals surface area contributed by atoms with Crippen LogP contribution in [0.1, 0.15) is 34.3 Å². The van der Waals surface area contributed by atoms with E-state index in [2.05, 4.69) is 27.9 Å². The molecule has 0 saturated carbocycles. The molecule has 3 amide bonds. The molecule has 1 aromatic carbocycles. The number of amides is 3. The first-order chi connectivity index (χ1) is 13.5. The fourth-order valence-corrected chi connectivity index (χ4v) is 4.23. The van der Waals surface area contributed by atoms with Crippen molar-refractivity contribution < 1.29 is 14.4 Å². The minimum absolute atomic E-state index is 0.123. The first-order valence-electron chi connectivity index (χ1n) is 9.90. The summed E-state index contributed by atoms with van der Waals surface area (Å²) in [7, 11) is 2.13. The van der Waals surface area contributed by atoms with E-state index in [1.54, 1.807) is 4.90 Å². The lowest BCUT2D eigenvalue weighted by atomic mass is 10.0. The first-order valence-corrected chi connectivity index (χ1v) is 9.90. The maximum absolute atomic E-state index is 12.9. The number of carbonyl (C=O) groups is 3. The third-order valence-electron chi connectivity index (χ3n) is 5.77. The third-order valence-corrected chi connectivity index (χ3v) is 5.77.